The van der Waals surface area contributed by atoms with Gasteiger partial charge in [-0.3, -0.25) is 9.78 Å². The highest BCUT2D eigenvalue weighted by molar-refractivity contribution is 5.93. The number of aromatic carboxylic acids is 1. The SMILES string of the molecule is CN(C(=O)COc1cncc(C(=O)O)c1)c1ccccc1. The lowest BCUT2D eigenvalue weighted by atomic mass is 10.3. The molecular formula is C15H14N2O4. The molecule has 1 amide bonds. The van der Waals surface area contributed by atoms with E-state index in [1.165, 1.54) is 23.4 Å². The van der Waals surface area contributed by atoms with Crippen LogP contribution in [0.1, 0.15) is 10.4 Å². The molecule has 6 heteroatoms. The Morgan fingerprint density at radius 2 is 1.95 bits per heavy atom. The molecule has 0 bridgehead atoms. The smallest absolute Gasteiger partial charge is 0.337 e. The minimum Gasteiger partial charge on any atom is -0.482 e. The molecule has 2 aromatic rings. The third kappa shape index (κ3) is 3.79. The lowest BCUT2D eigenvalue weighted by molar-refractivity contribution is -0.120. The van der Waals surface area contributed by atoms with Crippen LogP contribution < -0.4 is 9.64 Å². The van der Waals surface area contributed by atoms with E-state index in [-0.39, 0.29) is 23.8 Å². The number of rotatable bonds is 5. The summed E-state index contributed by atoms with van der Waals surface area (Å²) in [6.45, 7) is -0.198. The van der Waals surface area contributed by atoms with E-state index in [2.05, 4.69) is 4.98 Å². The van der Waals surface area contributed by atoms with Crippen LogP contribution in [0.25, 0.3) is 0 Å². The summed E-state index contributed by atoms with van der Waals surface area (Å²) in [6, 6.07) is 10.5. The van der Waals surface area contributed by atoms with Gasteiger partial charge < -0.3 is 14.7 Å². The van der Waals surface area contributed by atoms with Crippen molar-refractivity contribution >= 4 is 17.6 Å². The van der Waals surface area contributed by atoms with E-state index >= 15 is 0 Å². The molecular weight excluding hydrogens is 272 g/mol. The fourth-order valence-electron chi connectivity index (χ4n) is 1.65. The molecule has 0 aliphatic rings. The molecule has 21 heavy (non-hydrogen) atoms. The number of benzene rings is 1. The number of para-hydroxylation sites is 1. The van der Waals surface area contributed by atoms with Crippen LogP contribution in [0.4, 0.5) is 5.69 Å². The standard InChI is InChI=1S/C15H14N2O4/c1-17(12-5-3-2-4-6-12)14(18)10-21-13-7-11(15(19)20)8-16-9-13/h2-9H,10H2,1H3,(H,19,20). The van der Waals surface area contributed by atoms with Crippen molar-refractivity contribution in [1.82, 2.24) is 4.98 Å². The highest BCUT2D eigenvalue weighted by Gasteiger charge is 2.12. The molecule has 0 unspecified atom stereocenters. The second-order valence-corrected chi connectivity index (χ2v) is 4.29. The number of carbonyl (C=O) groups excluding carboxylic acids is 1. The van der Waals surface area contributed by atoms with Crippen LogP contribution in [-0.4, -0.2) is 35.6 Å². The topological polar surface area (TPSA) is 79.7 Å². The van der Waals surface area contributed by atoms with Gasteiger partial charge in [0, 0.05) is 18.9 Å². The lowest BCUT2D eigenvalue weighted by Crippen LogP contribution is -2.31. The first kappa shape index (κ1) is 14.5. The van der Waals surface area contributed by atoms with Crippen LogP contribution in [0.3, 0.4) is 0 Å². The Balaban J connectivity index is 1.98. The van der Waals surface area contributed by atoms with Gasteiger partial charge in [0.15, 0.2) is 6.61 Å². The van der Waals surface area contributed by atoms with Crippen LogP contribution in [-0.2, 0) is 4.79 Å². The van der Waals surface area contributed by atoms with E-state index in [0.29, 0.717) is 0 Å². The molecule has 1 aromatic carbocycles. The van der Waals surface area contributed by atoms with Crippen LogP contribution in [0, 0.1) is 0 Å². The van der Waals surface area contributed by atoms with Gasteiger partial charge in [0.25, 0.3) is 5.91 Å². The lowest BCUT2D eigenvalue weighted by Gasteiger charge is -2.17. The van der Waals surface area contributed by atoms with Gasteiger partial charge in [-0.05, 0) is 18.2 Å². The molecule has 0 atom stereocenters. The van der Waals surface area contributed by atoms with E-state index < -0.39 is 5.97 Å². The summed E-state index contributed by atoms with van der Waals surface area (Å²) in [4.78, 5) is 28.0. The van der Waals surface area contributed by atoms with Gasteiger partial charge in [-0.1, -0.05) is 18.2 Å². The number of likely N-dealkylation sites (N-methyl/N-ethyl adjacent to an activating group) is 1. The maximum atomic E-state index is 12.0. The van der Waals surface area contributed by atoms with Crippen molar-refractivity contribution in [3.63, 3.8) is 0 Å². The van der Waals surface area contributed by atoms with Crippen LogP contribution >= 0.6 is 0 Å². The Morgan fingerprint density at radius 3 is 2.62 bits per heavy atom. The van der Waals surface area contributed by atoms with Crippen molar-refractivity contribution in [2.45, 2.75) is 0 Å². The first-order valence-electron chi connectivity index (χ1n) is 6.20. The summed E-state index contributed by atoms with van der Waals surface area (Å²) >= 11 is 0. The number of pyridine rings is 1. The highest BCUT2D eigenvalue weighted by atomic mass is 16.5. The molecule has 0 aliphatic heterocycles. The quantitative estimate of drug-likeness (QED) is 0.907. The zero-order valence-electron chi connectivity index (χ0n) is 11.4. The first-order valence-corrected chi connectivity index (χ1v) is 6.20. The summed E-state index contributed by atoms with van der Waals surface area (Å²) in [5, 5.41) is 8.85. The molecule has 108 valence electrons. The number of anilines is 1. The number of carboxylic acid groups (broad SMARTS) is 1. The number of amides is 1. The van der Waals surface area contributed by atoms with Gasteiger partial charge in [0.2, 0.25) is 0 Å². The third-order valence-electron chi connectivity index (χ3n) is 2.84. The fourth-order valence-corrected chi connectivity index (χ4v) is 1.65. The van der Waals surface area contributed by atoms with Crippen LogP contribution in [0.5, 0.6) is 5.75 Å². The summed E-state index contributed by atoms with van der Waals surface area (Å²) in [5.41, 5.74) is 0.764. The summed E-state index contributed by atoms with van der Waals surface area (Å²) in [7, 11) is 1.65. The average molecular weight is 286 g/mol. The molecule has 6 nitrogen and oxygen atoms in total. The molecule has 0 aliphatic carbocycles. The molecule has 0 radical (unpaired) electrons. The number of hydrogen-bond acceptors (Lipinski definition) is 4. The Labute approximate surface area is 121 Å². The second kappa shape index (κ2) is 6.51. The predicted molar refractivity (Wildman–Crippen MR) is 76.5 cm³/mol. The van der Waals surface area contributed by atoms with E-state index in [0.717, 1.165) is 5.69 Å². The van der Waals surface area contributed by atoms with Gasteiger partial charge in [-0.2, -0.15) is 0 Å². The van der Waals surface area contributed by atoms with Gasteiger partial charge in [0.1, 0.15) is 5.75 Å². The Hall–Kier alpha value is -2.89. The molecule has 1 N–H and O–H groups in total. The van der Waals surface area contributed by atoms with Gasteiger partial charge >= 0.3 is 5.97 Å². The number of nitrogens with zero attached hydrogens (tertiary/aromatic N) is 2. The van der Waals surface area contributed by atoms with Gasteiger partial charge in [0.05, 0.1) is 11.8 Å². The third-order valence-corrected chi connectivity index (χ3v) is 2.84. The zero-order chi connectivity index (χ0) is 15.2. The molecule has 1 aromatic heterocycles. The van der Waals surface area contributed by atoms with E-state index in [1.54, 1.807) is 7.05 Å². The number of hydrogen-bond donors (Lipinski definition) is 1. The minimum atomic E-state index is -1.10. The van der Waals surface area contributed by atoms with Crippen molar-refractivity contribution in [2.75, 3.05) is 18.6 Å². The average Bonchev–Trinajstić information content (AvgIpc) is 2.53. The monoisotopic (exact) mass is 286 g/mol. The summed E-state index contributed by atoms with van der Waals surface area (Å²) < 4.78 is 5.28. The van der Waals surface area contributed by atoms with E-state index in [4.69, 9.17) is 9.84 Å². The molecule has 0 fully saturated rings. The summed E-state index contributed by atoms with van der Waals surface area (Å²) in [6.07, 6.45) is 2.58. The Morgan fingerprint density at radius 1 is 1.24 bits per heavy atom. The number of aromatic nitrogens is 1. The Bertz CT molecular complexity index is 643. The maximum Gasteiger partial charge on any atom is 0.337 e. The first-order chi connectivity index (χ1) is 10.1. The van der Waals surface area contributed by atoms with Crippen molar-refractivity contribution < 1.29 is 19.4 Å². The minimum absolute atomic E-state index is 0.0105. The molecule has 0 spiro atoms. The fraction of sp³-hybridized carbons (Fsp3) is 0.133. The van der Waals surface area contributed by atoms with Crippen LogP contribution in [0.15, 0.2) is 48.8 Å². The summed E-state index contributed by atoms with van der Waals surface area (Å²) in [5.74, 6) is -1.10. The van der Waals surface area contributed by atoms with E-state index in [9.17, 15) is 9.59 Å². The Kier molecular flexibility index (Phi) is 4.50. The van der Waals surface area contributed by atoms with Crippen molar-refractivity contribution in [1.29, 1.82) is 0 Å². The maximum absolute atomic E-state index is 12.0. The van der Waals surface area contributed by atoms with Gasteiger partial charge in [-0.15, -0.1) is 0 Å². The predicted octanol–water partition coefficient (Wildman–Crippen LogP) is 1.82. The highest BCUT2D eigenvalue weighted by Crippen LogP contribution is 2.13. The normalized spacial score (nSPS) is 9.95. The molecule has 0 saturated heterocycles. The molecule has 1 heterocycles. The number of carboxylic acids is 1. The molecule has 0 saturated carbocycles. The number of carbonyl (C=O) groups is 2. The zero-order valence-corrected chi connectivity index (χ0v) is 11.4. The molecule has 2 rings (SSSR count). The largest absolute Gasteiger partial charge is 0.482 e. The van der Waals surface area contributed by atoms with Gasteiger partial charge in [-0.25, -0.2) is 4.79 Å². The van der Waals surface area contributed by atoms with E-state index in [1.807, 2.05) is 30.3 Å². The van der Waals surface area contributed by atoms with Crippen molar-refractivity contribution in [3.05, 3.63) is 54.4 Å². The van der Waals surface area contributed by atoms with Crippen molar-refractivity contribution in [2.24, 2.45) is 0 Å². The second-order valence-electron chi connectivity index (χ2n) is 4.29. The van der Waals surface area contributed by atoms with Crippen molar-refractivity contribution in [3.8, 4) is 5.75 Å². The van der Waals surface area contributed by atoms with Crippen LogP contribution in [0.2, 0.25) is 0 Å². The number of ether oxygens (including phenoxy) is 1.